The second-order valence-electron chi connectivity index (χ2n) is 16.1. The van der Waals surface area contributed by atoms with Crippen molar-refractivity contribution in [3.63, 3.8) is 0 Å². The molecule has 0 saturated carbocycles. The van der Waals surface area contributed by atoms with Gasteiger partial charge in [0, 0.05) is 11.1 Å². The van der Waals surface area contributed by atoms with Crippen LogP contribution in [-0.2, 0) is 24.7 Å². The monoisotopic (exact) mass is 954 g/mol. The molecule has 0 bridgehead atoms. The molecule has 0 amide bonds. The van der Waals surface area contributed by atoms with Gasteiger partial charge in [0.15, 0.2) is 0 Å². The Morgan fingerprint density at radius 2 is 0.514 bits per heavy atom. The number of hydrogen-bond acceptors (Lipinski definition) is 4. The van der Waals surface area contributed by atoms with Crippen LogP contribution in [0.2, 0.25) is 0 Å². The van der Waals surface area contributed by atoms with Crippen LogP contribution in [0.1, 0.15) is 44.5 Å². The number of allylic oxidation sites excluding steroid dienone is 2. The van der Waals surface area contributed by atoms with Crippen molar-refractivity contribution >= 4 is 11.1 Å². The zero-order chi connectivity index (χ0) is 50.2. The number of rotatable bonds is 4. The number of nitrogens with zero attached hydrogens (tertiary/aromatic N) is 4. The van der Waals surface area contributed by atoms with Gasteiger partial charge in [-0.3, -0.25) is 0 Å². The minimum atomic E-state index is -4.75. The van der Waals surface area contributed by atoms with Gasteiger partial charge in [-0.1, -0.05) is 48.5 Å². The highest BCUT2D eigenvalue weighted by atomic mass is 19.4. The first-order valence-electron chi connectivity index (χ1n) is 20.4. The van der Waals surface area contributed by atoms with Crippen LogP contribution in [0.25, 0.3) is 77.9 Å². The zero-order valence-electron chi connectivity index (χ0n) is 35.0. The summed E-state index contributed by atoms with van der Waals surface area (Å²) in [6, 6.07) is 32.6. The van der Waals surface area contributed by atoms with E-state index in [1.807, 2.05) is 24.3 Å². The molecule has 2 aliphatic rings. The third-order valence-corrected chi connectivity index (χ3v) is 12.1. The van der Waals surface area contributed by atoms with Crippen LogP contribution in [-0.4, -0.2) is 0 Å². The Hall–Kier alpha value is -8.86. The molecular formula is C54H22F12N4. The molecule has 16 heteroatoms. The Bertz CT molecular complexity index is 3320. The normalized spacial score (nSPS) is 12.7. The minimum absolute atomic E-state index is 0.0149. The van der Waals surface area contributed by atoms with Crippen LogP contribution >= 0.6 is 0 Å². The summed E-state index contributed by atoms with van der Waals surface area (Å²) in [6.45, 7) is 0. The van der Waals surface area contributed by atoms with Crippen LogP contribution < -0.4 is 0 Å². The summed E-state index contributed by atoms with van der Waals surface area (Å²) >= 11 is 0. The molecule has 0 N–H and O–H groups in total. The van der Waals surface area contributed by atoms with Gasteiger partial charge in [0.1, 0.15) is 35.4 Å². The summed E-state index contributed by atoms with van der Waals surface area (Å²) < 4.78 is 165. The fraction of sp³-hybridized carbons (Fsp3) is 0.0741. The van der Waals surface area contributed by atoms with Crippen LogP contribution in [0.3, 0.4) is 0 Å². The van der Waals surface area contributed by atoms with Gasteiger partial charge >= 0.3 is 24.7 Å². The first-order chi connectivity index (χ1) is 33.0. The Morgan fingerprint density at radius 3 is 0.771 bits per heavy atom. The number of nitriles is 4. The van der Waals surface area contributed by atoms with E-state index in [1.165, 1.54) is 78.9 Å². The van der Waals surface area contributed by atoms with Gasteiger partial charge in [-0.05, 0) is 174 Å². The largest absolute Gasteiger partial charge is 0.416 e. The molecule has 0 fully saturated rings. The third kappa shape index (κ3) is 7.89. The number of alkyl halides is 12. The zero-order valence-corrected chi connectivity index (χ0v) is 35.0. The standard InChI is InChI=1S/C54H22F12N4/c55-51(56,57)35-9-1-27(2-10-35)31-17-39(29-5-13-37(14-6-29)53(61,62)63)49-43-22-44-42(21-41(43)47(45(49)19-31)33(23-67)24-68)48(34(25-69)26-70)46-20-32(28-3-11-36(12-4-28)52(58,59)60)18-40(50(44)46)30-7-15-38(16-8-30)54(64,65)66/h1-22H. The van der Waals surface area contributed by atoms with Crippen molar-refractivity contribution < 1.29 is 52.7 Å². The van der Waals surface area contributed by atoms with Crippen molar-refractivity contribution in [2.75, 3.05) is 0 Å². The number of fused-ring (bicyclic) bond motifs is 6. The molecule has 0 aromatic heterocycles. The highest BCUT2D eigenvalue weighted by molar-refractivity contribution is 6.16. The lowest BCUT2D eigenvalue weighted by molar-refractivity contribution is -0.138. The molecule has 342 valence electrons. The highest BCUT2D eigenvalue weighted by Crippen LogP contribution is 2.58. The van der Waals surface area contributed by atoms with E-state index in [0.717, 1.165) is 48.5 Å². The van der Waals surface area contributed by atoms with E-state index >= 15 is 0 Å². The summed E-state index contributed by atoms with van der Waals surface area (Å²) in [6.07, 6.45) is -18.9. The molecule has 4 nitrogen and oxygen atoms in total. The summed E-state index contributed by atoms with van der Waals surface area (Å²) in [7, 11) is 0. The molecule has 9 rings (SSSR count). The van der Waals surface area contributed by atoms with E-state index in [1.54, 1.807) is 6.07 Å². The van der Waals surface area contributed by atoms with Crippen molar-refractivity contribution in [1.82, 2.24) is 0 Å². The predicted octanol–water partition coefficient (Wildman–Crippen LogP) is 16.1. The van der Waals surface area contributed by atoms with Crippen molar-refractivity contribution in [3.8, 4) is 91.0 Å². The lowest BCUT2D eigenvalue weighted by Crippen LogP contribution is -2.04. The fourth-order valence-corrected chi connectivity index (χ4v) is 8.96. The van der Waals surface area contributed by atoms with Crippen LogP contribution in [0.5, 0.6) is 0 Å². The molecule has 0 spiro atoms. The predicted molar refractivity (Wildman–Crippen MR) is 234 cm³/mol. The van der Waals surface area contributed by atoms with Crippen molar-refractivity contribution in [1.29, 1.82) is 21.0 Å². The molecule has 0 atom stereocenters. The Balaban J connectivity index is 1.38. The Labute approximate surface area is 388 Å². The van der Waals surface area contributed by atoms with Crippen molar-refractivity contribution in [2.45, 2.75) is 24.7 Å². The number of hydrogen-bond donors (Lipinski definition) is 0. The first-order valence-corrected chi connectivity index (χ1v) is 20.4. The molecule has 70 heavy (non-hydrogen) atoms. The summed E-state index contributed by atoms with van der Waals surface area (Å²) in [5.41, 5.74) is -1.61. The van der Waals surface area contributed by atoms with Gasteiger partial charge in [0.25, 0.3) is 0 Å². The molecule has 7 aromatic rings. The van der Waals surface area contributed by atoms with Gasteiger partial charge in [0.2, 0.25) is 0 Å². The van der Waals surface area contributed by atoms with Gasteiger partial charge in [-0.2, -0.15) is 73.7 Å². The molecular weight excluding hydrogens is 933 g/mol. The minimum Gasteiger partial charge on any atom is -0.192 e. The third-order valence-electron chi connectivity index (χ3n) is 12.1. The second kappa shape index (κ2) is 16.4. The first kappa shape index (κ1) is 46.3. The van der Waals surface area contributed by atoms with E-state index in [4.69, 9.17) is 0 Å². The number of halogens is 12. The van der Waals surface area contributed by atoms with Gasteiger partial charge in [0.05, 0.1) is 22.3 Å². The van der Waals surface area contributed by atoms with E-state index in [9.17, 15) is 73.7 Å². The number of benzene rings is 7. The lowest BCUT2D eigenvalue weighted by Gasteiger charge is -2.17. The second-order valence-corrected chi connectivity index (χ2v) is 16.1. The van der Waals surface area contributed by atoms with Crippen LogP contribution in [0.15, 0.2) is 145 Å². The smallest absolute Gasteiger partial charge is 0.192 e. The van der Waals surface area contributed by atoms with Crippen LogP contribution in [0, 0.1) is 45.3 Å². The van der Waals surface area contributed by atoms with Gasteiger partial charge in [-0.25, -0.2) is 0 Å². The molecule has 0 saturated heterocycles. The molecule has 0 radical (unpaired) electrons. The summed E-state index contributed by atoms with van der Waals surface area (Å²) in [5, 5.41) is 41.7. The van der Waals surface area contributed by atoms with Gasteiger partial charge in [-0.15, -0.1) is 0 Å². The maximum atomic E-state index is 13.9. The average Bonchev–Trinajstić information content (AvgIpc) is 3.81. The van der Waals surface area contributed by atoms with Gasteiger partial charge < -0.3 is 0 Å². The van der Waals surface area contributed by atoms with E-state index < -0.39 is 58.1 Å². The molecule has 0 aliphatic heterocycles. The SMILES string of the molecule is N#CC(C#N)=C1c2cc3c(cc2-c2c1cc(-c1ccc(C(F)(F)F)cc1)cc2-c1ccc(C(F)(F)F)cc1)-c1c(cc(-c2ccc(C(F)(F)F)cc2)cc1-c1ccc(C(F)(F)F)cc1)C3=C(C#N)C#N. The van der Waals surface area contributed by atoms with E-state index in [-0.39, 0.29) is 100 Å². The van der Waals surface area contributed by atoms with E-state index in [0.29, 0.717) is 0 Å². The Kier molecular flexibility index (Phi) is 10.9. The quantitative estimate of drug-likeness (QED) is 0.130. The lowest BCUT2D eigenvalue weighted by atomic mass is 9.87. The molecule has 0 heterocycles. The molecule has 7 aromatic carbocycles. The maximum absolute atomic E-state index is 13.9. The molecule has 2 aliphatic carbocycles. The maximum Gasteiger partial charge on any atom is 0.416 e. The van der Waals surface area contributed by atoms with E-state index in [2.05, 4.69) is 0 Å². The molecule has 0 unspecified atom stereocenters. The van der Waals surface area contributed by atoms with Crippen molar-refractivity contribution in [2.24, 2.45) is 0 Å². The highest BCUT2D eigenvalue weighted by Gasteiger charge is 2.39. The topological polar surface area (TPSA) is 95.2 Å². The Morgan fingerprint density at radius 1 is 0.271 bits per heavy atom. The summed E-state index contributed by atoms with van der Waals surface area (Å²) in [4.78, 5) is 0. The fourth-order valence-electron chi connectivity index (χ4n) is 8.96. The summed E-state index contributed by atoms with van der Waals surface area (Å²) in [5.74, 6) is 0. The van der Waals surface area contributed by atoms with Crippen molar-refractivity contribution in [3.05, 3.63) is 189 Å². The van der Waals surface area contributed by atoms with Crippen LogP contribution in [0.4, 0.5) is 52.7 Å². The average molecular weight is 955 g/mol.